The molecular formula is C19H20N4O3. The van der Waals surface area contributed by atoms with Crippen molar-refractivity contribution < 1.29 is 9.66 Å². The number of anilines is 2. The molecule has 0 radical (unpaired) electrons. The lowest BCUT2D eigenvalue weighted by Crippen LogP contribution is -2.51. The number of nitrogens with one attached hydrogen (secondary N) is 1. The highest BCUT2D eigenvalue weighted by Crippen LogP contribution is 2.43. The second-order valence-corrected chi connectivity index (χ2v) is 6.38. The largest absolute Gasteiger partial charge is 0.484 e. The average Bonchev–Trinajstić information content (AvgIpc) is 3.04. The molecule has 2 aromatic rings. The second kappa shape index (κ2) is 6.33. The molecule has 1 N–H and O–H groups in total. The van der Waals surface area contributed by atoms with Gasteiger partial charge in [0, 0.05) is 18.7 Å². The van der Waals surface area contributed by atoms with Gasteiger partial charge in [-0.1, -0.05) is 24.3 Å². The van der Waals surface area contributed by atoms with Crippen molar-refractivity contribution in [1.29, 1.82) is 0 Å². The molecule has 3 unspecified atom stereocenters. The molecular weight excluding hydrogens is 332 g/mol. The molecule has 0 fully saturated rings. The number of benzene rings is 2. The van der Waals surface area contributed by atoms with E-state index in [1.54, 1.807) is 19.2 Å². The number of nitrogens with zero attached hydrogens (tertiary/aromatic N) is 3. The van der Waals surface area contributed by atoms with Crippen LogP contribution in [0.5, 0.6) is 0 Å². The molecule has 26 heavy (non-hydrogen) atoms. The van der Waals surface area contributed by atoms with E-state index in [1.807, 2.05) is 12.1 Å². The first-order valence-electron chi connectivity index (χ1n) is 8.62. The number of likely N-dealkylation sites (N-methyl/N-ethyl adjacent to an activating group) is 1. The third kappa shape index (κ3) is 2.47. The van der Waals surface area contributed by atoms with Crippen LogP contribution in [0.25, 0.3) is 0 Å². The van der Waals surface area contributed by atoms with E-state index in [4.69, 9.17) is 9.73 Å². The lowest BCUT2D eigenvalue weighted by Gasteiger charge is -2.42. The van der Waals surface area contributed by atoms with E-state index >= 15 is 0 Å². The maximum atomic E-state index is 11.0. The Labute approximate surface area is 151 Å². The summed E-state index contributed by atoms with van der Waals surface area (Å²) in [5.41, 5.74) is 3.23. The van der Waals surface area contributed by atoms with E-state index in [2.05, 4.69) is 29.3 Å². The average molecular weight is 352 g/mol. The Kier molecular flexibility index (Phi) is 3.99. The van der Waals surface area contributed by atoms with Gasteiger partial charge < -0.3 is 15.0 Å². The van der Waals surface area contributed by atoms with Crippen molar-refractivity contribution in [3.63, 3.8) is 0 Å². The highest BCUT2D eigenvalue weighted by Gasteiger charge is 2.47. The number of aliphatic imine (C=N–C) groups is 1. The first-order valence-corrected chi connectivity index (χ1v) is 8.62. The van der Waals surface area contributed by atoms with Crippen molar-refractivity contribution in [2.24, 2.45) is 4.99 Å². The van der Waals surface area contributed by atoms with E-state index in [1.165, 1.54) is 12.1 Å². The van der Waals surface area contributed by atoms with Crippen molar-refractivity contribution in [2.45, 2.75) is 25.0 Å². The zero-order chi connectivity index (χ0) is 18.3. The Hall–Kier alpha value is -3.09. The summed E-state index contributed by atoms with van der Waals surface area (Å²) in [4.78, 5) is 17.7. The summed E-state index contributed by atoms with van der Waals surface area (Å²) in [5, 5.41) is 14.5. The van der Waals surface area contributed by atoms with Crippen molar-refractivity contribution in [3.8, 4) is 0 Å². The molecule has 4 rings (SSSR count). The Balaban J connectivity index is 1.77. The van der Waals surface area contributed by atoms with Crippen LogP contribution in [-0.2, 0) is 4.74 Å². The van der Waals surface area contributed by atoms with Gasteiger partial charge in [-0.3, -0.25) is 10.1 Å². The first-order chi connectivity index (χ1) is 12.6. The smallest absolute Gasteiger partial charge is 0.269 e. The van der Waals surface area contributed by atoms with E-state index in [0.717, 1.165) is 23.5 Å². The maximum absolute atomic E-state index is 11.0. The summed E-state index contributed by atoms with van der Waals surface area (Å²) in [6.45, 7) is 2.95. The molecule has 2 aliphatic heterocycles. The summed E-state index contributed by atoms with van der Waals surface area (Å²) in [6, 6.07) is 14.9. The molecule has 0 aliphatic carbocycles. The van der Waals surface area contributed by atoms with Crippen LogP contribution in [0.4, 0.5) is 17.1 Å². The minimum absolute atomic E-state index is 0.0475. The number of methoxy groups -OCH3 is 1. The van der Waals surface area contributed by atoms with Gasteiger partial charge in [-0.2, -0.15) is 0 Å². The van der Waals surface area contributed by atoms with Crippen LogP contribution in [0, 0.1) is 10.1 Å². The Bertz CT molecular complexity index is 865. The molecule has 0 aromatic heterocycles. The molecule has 0 saturated heterocycles. The number of hydrogen-bond donors (Lipinski definition) is 1. The number of rotatable bonds is 3. The molecule has 0 spiro atoms. The fourth-order valence-electron chi connectivity index (χ4n) is 3.96. The Morgan fingerprint density at radius 3 is 2.62 bits per heavy atom. The van der Waals surface area contributed by atoms with Crippen LogP contribution in [0.1, 0.15) is 18.4 Å². The summed E-state index contributed by atoms with van der Waals surface area (Å²) in [6.07, 6.45) is -0.125. The van der Waals surface area contributed by atoms with Gasteiger partial charge in [0.05, 0.1) is 35.4 Å². The molecule has 7 heteroatoms. The van der Waals surface area contributed by atoms with Gasteiger partial charge in [-0.25, -0.2) is 4.99 Å². The molecule has 2 aliphatic rings. The van der Waals surface area contributed by atoms with Crippen molar-refractivity contribution >= 4 is 23.0 Å². The second-order valence-electron chi connectivity index (χ2n) is 6.38. The molecule has 3 atom stereocenters. The van der Waals surface area contributed by atoms with E-state index in [0.29, 0.717) is 5.90 Å². The molecule has 2 aromatic carbocycles. The van der Waals surface area contributed by atoms with E-state index in [-0.39, 0.29) is 28.7 Å². The molecule has 0 bridgehead atoms. The number of nitro groups is 1. The van der Waals surface area contributed by atoms with Crippen LogP contribution in [-0.4, -0.2) is 36.7 Å². The summed E-state index contributed by atoms with van der Waals surface area (Å²) < 4.78 is 5.59. The normalized spacial score (nSPS) is 23.5. The summed E-state index contributed by atoms with van der Waals surface area (Å²) >= 11 is 0. The monoisotopic (exact) mass is 352 g/mol. The number of ether oxygens (including phenoxy) is 1. The first kappa shape index (κ1) is 16.4. The topological polar surface area (TPSA) is 80.0 Å². The van der Waals surface area contributed by atoms with Gasteiger partial charge in [0.25, 0.3) is 5.69 Å². The van der Waals surface area contributed by atoms with E-state index in [9.17, 15) is 10.1 Å². The predicted octanol–water partition coefficient (Wildman–Crippen LogP) is 3.38. The minimum atomic E-state index is -0.386. The predicted molar refractivity (Wildman–Crippen MR) is 101 cm³/mol. The fraction of sp³-hybridized carbons (Fsp3) is 0.316. The van der Waals surface area contributed by atoms with Crippen LogP contribution in [0.15, 0.2) is 53.5 Å². The van der Waals surface area contributed by atoms with Gasteiger partial charge in [0.15, 0.2) is 5.90 Å². The Morgan fingerprint density at radius 1 is 1.23 bits per heavy atom. The number of para-hydroxylation sites is 2. The van der Waals surface area contributed by atoms with Gasteiger partial charge in [-0.15, -0.1) is 0 Å². The third-order valence-electron chi connectivity index (χ3n) is 5.09. The highest BCUT2D eigenvalue weighted by atomic mass is 16.6. The quantitative estimate of drug-likeness (QED) is 0.676. The SMILES string of the molecule is CCN1c2ccccc2NC2N=C(OC)C(c3ccc([N+](=O)[O-])cc3)C21. The standard InChI is InChI=1S/C19H20N4O3/c1-3-22-15-7-5-4-6-14(15)20-18-17(22)16(19(21-18)26-2)12-8-10-13(11-9-12)23(24)25/h4-11,16-18,20H,3H2,1-2H3. The summed E-state index contributed by atoms with van der Waals surface area (Å²) in [5.74, 6) is 0.555. The molecule has 134 valence electrons. The third-order valence-corrected chi connectivity index (χ3v) is 5.09. The molecule has 0 amide bonds. The summed E-state index contributed by atoms with van der Waals surface area (Å²) in [7, 11) is 1.62. The van der Waals surface area contributed by atoms with Gasteiger partial charge in [0.1, 0.15) is 6.17 Å². The number of nitro benzene ring substituents is 1. The molecule has 7 nitrogen and oxygen atoms in total. The van der Waals surface area contributed by atoms with E-state index < -0.39 is 0 Å². The minimum Gasteiger partial charge on any atom is -0.484 e. The lowest BCUT2D eigenvalue weighted by molar-refractivity contribution is -0.384. The number of fused-ring (bicyclic) bond motifs is 2. The van der Waals surface area contributed by atoms with Gasteiger partial charge >= 0.3 is 0 Å². The molecule has 0 saturated carbocycles. The fourth-order valence-corrected chi connectivity index (χ4v) is 3.96. The lowest BCUT2D eigenvalue weighted by atomic mass is 9.88. The zero-order valence-electron chi connectivity index (χ0n) is 14.6. The van der Waals surface area contributed by atoms with Crippen molar-refractivity contribution in [1.82, 2.24) is 0 Å². The Morgan fingerprint density at radius 2 is 1.96 bits per heavy atom. The van der Waals surface area contributed by atoms with Crippen LogP contribution < -0.4 is 10.2 Å². The number of non-ortho nitro benzene ring substituents is 1. The number of hydrogen-bond acceptors (Lipinski definition) is 6. The maximum Gasteiger partial charge on any atom is 0.269 e. The van der Waals surface area contributed by atoms with Crippen LogP contribution in [0.3, 0.4) is 0 Å². The highest BCUT2D eigenvalue weighted by molar-refractivity contribution is 5.90. The molecule has 2 heterocycles. The van der Waals surface area contributed by atoms with Crippen LogP contribution >= 0.6 is 0 Å². The van der Waals surface area contributed by atoms with Gasteiger partial charge in [-0.05, 0) is 24.6 Å². The van der Waals surface area contributed by atoms with Crippen molar-refractivity contribution in [2.75, 3.05) is 23.9 Å². The van der Waals surface area contributed by atoms with Crippen LogP contribution in [0.2, 0.25) is 0 Å². The van der Waals surface area contributed by atoms with Gasteiger partial charge in [0.2, 0.25) is 0 Å². The van der Waals surface area contributed by atoms with Crippen molar-refractivity contribution in [3.05, 3.63) is 64.2 Å². The zero-order valence-corrected chi connectivity index (χ0v) is 14.6.